The van der Waals surface area contributed by atoms with Gasteiger partial charge >= 0.3 is 5.97 Å². The molecule has 0 aromatic carbocycles. The van der Waals surface area contributed by atoms with E-state index in [0.717, 1.165) is 0 Å². The third-order valence-corrected chi connectivity index (χ3v) is 2.58. The minimum atomic E-state index is -0.971. The van der Waals surface area contributed by atoms with E-state index in [1.165, 1.54) is 10.9 Å². The van der Waals surface area contributed by atoms with Gasteiger partial charge in [0.25, 0.3) is 0 Å². The second-order valence-corrected chi connectivity index (χ2v) is 3.97. The fourth-order valence-electron chi connectivity index (χ4n) is 1.70. The number of aromatic nitrogens is 3. The standard InChI is InChI=1S/C10H14N4O4/c15-9(13-1-3-18-4-2-13)7-14-6-8(11-12-14)5-10(16)17/h6H,1-5,7H2,(H,16,17). The summed E-state index contributed by atoms with van der Waals surface area (Å²) in [6, 6.07) is 0. The Morgan fingerprint density at radius 2 is 2.11 bits per heavy atom. The van der Waals surface area contributed by atoms with Crippen molar-refractivity contribution in [2.24, 2.45) is 0 Å². The fraction of sp³-hybridized carbons (Fsp3) is 0.600. The average molecular weight is 254 g/mol. The molecule has 18 heavy (non-hydrogen) atoms. The topological polar surface area (TPSA) is 97.5 Å². The first-order chi connectivity index (χ1) is 8.65. The van der Waals surface area contributed by atoms with Crippen molar-refractivity contribution < 1.29 is 19.4 Å². The van der Waals surface area contributed by atoms with Gasteiger partial charge in [0.15, 0.2) is 0 Å². The lowest BCUT2D eigenvalue weighted by Crippen LogP contribution is -2.42. The molecule has 1 N–H and O–H groups in total. The second-order valence-electron chi connectivity index (χ2n) is 3.97. The maximum absolute atomic E-state index is 11.9. The number of aliphatic carboxylic acids is 1. The lowest BCUT2D eigenvalue weighted by molar-refractivity contribution is -0.137. The number of carbonyl (C=O) groups excluding carboxylic acids is 1. The Balaban J connectivity index is 1.90. The highest BCUT2D eigenvalue weighted by atomic mass is 16.5. The van der Waals surface area contributed by atoms with E-state index >= 15 is 0 Å². The number of ether oxygens (including phenoxy) is 1. The normalized spacial score (nSPS) is 15.7. The van der Waals surface area contributed by atoms with Gasteiger partial charge in [0, 0.05) is 19.3 Å². The predicted molar refractivity (Wildman–Crippen MR) is 58.8 cm³/mol. The van der Waals surface area contributed by atoms with Gasteiger partial charge in [0.2, 0.25) is 5.91 Å². The molecule has 0 atom stereocenters. The molecule has 0 bridgehead atoms. The first-order valence-electron chi connectivity index (χ1n) is 5.61. The lowest BCUT2D eigenvalue weighted by Gasteiger charge is -2.26. The SMILES string of the molecule is O=C(O)Cc1cn(CC(=O)N2CCOCC2)nn1. The van der Waals surface area contributed by atoms with Gasteiger partial charge in [-0.3, -0.25) is 9.59 Å². The van der Waals surface area contributed by atoms with Crippen LogP contribution in [0.25, 0.3) is 0 Å². The van der Waals surface area contributed by atoms with E-state index in [1.54, 1.807) is 4.90 Å². The number of rotatable bonds is 4. The van der Waals surface area contributed by atoms with Crippen LogP contribution >= 0.6 is 0 Å². The highest BCUT2D eigenvalue weighted by Crippen LogP contribution is 2.00. The van der Waals surface area contributed by atoms with Crippen LogP contribution in [-0.2, 0) is 27.3 Å². The Bertz CT molecular complexity index is 439. The molecule has 8 nitrogen and oxygen atoms in total. The molecule has 2 rings (SSSR count). The Hall–Kier alpha value is -1.96. The minimum Gasteiger partial charge on any atom is -0.481 e. The third-order valence-electron chi connectivity index (χ3n) is 2.58. The summed E-state index contributed by atoms with van der Waals surface area (Å²) in [5.41, 5.74) is 0.345. The first kappa shape index (κ1) is 12.5. The number of carboxylic acid groups (broad SMARTS) is 1. The number of morpholine rings is 1. The van der Waals surface area contributed by atoms with Crippen molar-refractivity contribution in [3.8, 4) is 0 Å². The molecule has 1 fully saturated rings. The van der Waals surface area contributed by atoms with Crippen LogP contribution in [0.5, 0.6) is 0 Å². The Morgan fingerprint density at radius 3 is 2.78 bits per heavy atom. The van der Waals surface area contributed by atoms with Crippen LogP contribution in [0.15, 0.2) is 6.20 Å². The molecule has 1 aromatic rings. The van der Waals surface area contributed by atoms with Crippen molar-refractivity contribution in [3.63, 3.8) is 0 Å². The summed E-state index contributed by atoms with van der Waals surface area (Å²) in [5, 5.41) is 16.0. The molecule has 98 valence electrons. The van der Waals surface area contributed by atoms with E-state index in [1.807, 2.05) is 0 Å². The van der Waals surface area contributed by atoms with Gasteiger partial charge in [0.05, 0.1) is 25.3 Å². The maximum Gasteiger partial charge on any atom is 0.309 e. The number of hydrogen-bond acceptors (Lipinski definition) is 5. The van der Waals surface area contributed by atoms with E-state index in [9.17, 15) is 9.59 Å². The largest absolute Gasteiger partial charge is 0.481 e. The molecule has 1 amide bonds. The molecule has 8 heteroatoms. The molecular weight excluding hydrogens is 240 g/mol. The molecule has 0 radical (unpaired) electrons. The van der Waals surface area contributed by atoms with Crippen molar-refractivity contribution in [1.29, 1.82) is 0 Å². The molecule has 1 saturated heterocycles. The quantitative estimate of drug-likeness (QED) is 0.722. The van der Waals surface area contributed by atoms with E-state index in [4.69, 9.17) is 9.84 Å². The summed E-state index contributed by atoms with van der Waals surface area (Å²) in [5.74, 6) is -1.04. The van der Waals surface area contributed by atoms with E-state index in [2.05, 4.69) is 10.3 Å². The van der Waals surface area contributed by atoms with Gasteiger partial charge < -0.3 is 14.7 Å². The number of amides is 1. The first-order valence-corrected chi connectivity index (χ1v) is 5.61. The van der Waals surface area contributed by atoms with Gasteiger partial charge in [-0.25, -0.2) is 4.68 Å². The highest BCUT2D eigenvalue weighted by molar-refractivity contribution is 5.76. The predicted octanol–water partition coefficient (Wildman–Crippen LogP) is -1.24. The van der Waals surface area contributed by atoms with Gasteiger partial charge in [-0.15, -0.1) is 5.10 Å². The molecule has 0 aliphatic carbocycles. The summed E-state index contributed by atoms with van der Waals surface area (Å²) in [7, 11) is 0. The molecule has 0 saturated carbocycles. The molecule has 1 aliphatic rings. The smallest absolute Gasteiger partial charge is 0.309 e. The van der Waals surface area contributed by atoms with Crippen molar-refractivity contribution in [3.05, 3.63) is 11.9 Å². The monoisotopic (exact) mass is 254 g/mol. The van der Waals surface area contributed by atoms with Crippen LogP contribution in [0.4, 0.5) is 0 Å². The summed E-state index contributed by atoms with van der Waals surface area (Å²) in [6.45, 7) is 2.33. The Labute approximate surface area is 103 Å². The van der Waals surface area contributed by atoms with Crippen molar-refractivity contribution in [1.82, 2.24) is 19.9 Å². The van der Waals surface area contributed by atoms with Gasteiger partial charge in [-0.05, 0) is 0 Å². The third kappa shape index (κ3) is 3.27. The summed E-state index contributed by atoms with van der Waals surface area (Å²) in [4.78, 5) is 24.0. The fourth-order valence-corrected chi connectivity index (χ4v) is 1.70. The zero-order valence-corrected chi connectivity index (χ0v) is 9.78. The van der Waals surface area contributed by atoms with Crippen LogP contribution in [0.1, 0.15) is 5.69 Å². The van der Waals surface area contributed by atoms with Crippen LogP contribution in [0, 0.1) is 0 Å². The van der Waals surface area contributed by atoms with E-state index in [-0.39, 0.29) is 18.9 Å². The molecule has 1 aliphatic heterocycles. The second kappa shape index (κ2) is 5.58. The lowest BCUT2D eigenvalue weighted by atomic mass is 10.3. The summed E-state index contributed by atoms with van der Waals surface area (Å²) >= 11 is 0. The van der Waals surface area contributed by atoms with Crippen molar-refractivity contribution in [2.75, 3.05) is 26.3 Å². The zero-order chi connectivity index (χ0) is 13.0. The number of nitrogens with zero attached hydrogens (tertiary/aromatic N) is 4. The van der Waals surface area contributed by atoms with Crippen molar-refractivity contribution >= 4 is 11.9 Å². The molecule has 1 aromatic heterocycles. The Kier molecular flexibility index (Phi) is 3.88. The molecule has 2 heterocycles. The molecule has 0 unspecified atom stereocenters. The summed E-state index contributed by atoms with van der Waals surface area (Å²) < 4.78 is 6.51. The highest BCUT2D eigenvalue weighted by Gasteiger charge is 2.17. The average Bonchev–Trinajstić information content (AvgIpc) is 2.76. The van der Waals surface area contributed by atoms with Crippen LogP contribution < -0.4 is 0 Å². The summed E-state index contributed by atoms with van der Waals surface area (Å²) in [6.07, 6.45) is 1.29. The van der Waals surface area contributed by atoms with Gasteiger partial charge in [0.1, 0.15) is 6.54 Å². The maximum atomic E-state index is 11.9. The minimum absolute atomic E-state index is 0.0647. The van der Waals surface area contributed by atoms with Crippen LogP contribution in [0.3, 0.4) is 0 Å². The van der Waals surface area contributed by atoms with E-state index in [0.29, 0.717) is 32.0 Å². The van der Waals surface area contributed by atoms with Crippen LogP contribution in [-0.4, -0.2) is 63.2 Å². The van der Waals surface area contributed by atoms with Crippen LogP contribution in [0.2, 0.25) is 0 Å². The van der Waals surface area contributed by atoms with Crippen molar-refractivity contribution in [2.45, 2.75) is 13.0 Å². The molecular formula is C10H14N4O4. The van der Waals surface area contributed by atoms with Gasteiger partial charge in [-0.2, -0.15) is 0 Å². The number of carboxylic acids is 1. The number of hydrogen-bond donors (Lipinski definition) is 1. The molecule has 0 spiro atoms. The van der Waals surface area contributed by atoms with Gasteiger partial charge in [-0.1, -0.05) is 5.21 Å². The number of carbonyl (C=O) groups is 2. The Morgan fingerprint density at radius 1 is 1.39 bits per heavy atom. The zero-order valence-electron chi connectivity index (χ0n) is 9.78. The van der Waals surface area contributed by atoms with E-state index < -0.39 is 5.97 Å².